The summed E-state index contributed by atoms with van der Waals surface area (Å²) in [5.41, 5.74) is 6.00. The van der Waals surface area contributed by atoms with Crippen molar-refractivity contribution in [3.8, 4) is 5.75 Å². The van der Waals surface area contributed by atoms with Gasteiger partial charge < -0.3 is 15.4 Å². The fourth-order valence-electron chi connectivity index (χ4n) is 2.52. The maximum atomic E-state index is 12.2. The number of piperazine rings is 1. The number of rotatable bonds is 4. The van der Waals surface area contributed by atoms with E-state index in [0.717, 1.165) is 13.1 Å². The number of ether oxygens (including phenoxy) is 1. The number of anilines is 1. The minimum atomic E-state index is -0.474. The molecule has 5 nitrogen and oxygen atoms in total. The van der Waals surface area contributed by atoms with Crippen LogP contribution in [-0.2, 0) is 4.79 Å². The van der Waals surface area contributed by atoms with Crippen molar-refractivity contribution in [3.63, 3.8) is 0 Å². The van der Waals surface area contributed by atoms with Crippen molar-refractivity contribution >= 4 is 11.6 Å². The summed E-state index contributed by atoms with van der Waals surface area (Å²) in [5, 5.41) is 0. The van der Waals surface area contributed by atoms with Crippen LogP contribution in [-0.4, -0.2) is 54.5 Å². The van der Waals surface area contributed by atoms with Gasteiger partial charge in [-0.3, -0.25) is 9.69 Å². The number of benzene rings is 1. The summed E-state index contributed by atoms with van der Waals surface area (Å²) >= 11 is 0. The third kappa shape index (κ3) is 2.88. The lowest BCUT2D eigenvalue weighted by molar-refractivity contribution is -0.147. The second kappa shape index (κ2) is 5.71. The average Bonchev–Trinajstić information content (AvgIpc) is 2.41. The Kier molecular flexibility index (Phi) is 4.18. The van der Waals surface area contributed by atoms with E-state index in [4.69, 9.17) is 10.5 Å². The Labute approximate surface area is 120 Å². The van der Waals surface area contributed by atoms with Gasteiger partial charge in [-0.2, -0.15) is 0 Å². The van der Waals surface area contributed by atoms with Crippen molar-refractivity contribution in [2.45, 2.75) is 19.4 Å². The van der Waals surface area contributed by atoms with Gasteiger partial charge in [0.15, 0.2) is 0 Å². The molecule has 1 aliphatic rings. The summed E-state index contributed by atoms with van der Waals surface area (Å²) in [5.74, 6) is 0.855. The van der Waals surface area contributed by atoms with E-state index >= 15 is 0 Å². The molecule has 2 rings (SSSR count). The largest absolute Gasteiger partial charge is 0.490 e. The first-order valence-electron chi connectivity index (χ1n) is 6.91. The summed E-state index contributed by atoms with van der Waals surface area (Å²) in [4.78, 5) is 16.1. The number of nitrogen functional groups attached to an aromatic ring is 1. The van der Waals surface area contributed by atoms with Gasteiger partial charge in [0.1, 0.15) is 12.4 Å². The van der Waals surface area contributed by atoms with Gasteiger partial charge in [0, 0.05) is 26.7 Å². The smallest absolute Gasteiger partial charge is 0.242 e. The molecule has 0 spiro atoms. The fourth-order valence-corrected chi connectivity index (χ4v) is 2.52. The Bertz CT molecular complexity index is 488. The molecule has 1 heterocycles. The molecule has 1 aromatic carbocycles. The molecule has 0 atom stereocenters. The van der Waals surface area contributed by atoms with Crippen molar-refractivity contribution in [3.05, 3.63) is 24.3 Å². The molecule has 1 saturated heterocycles. The van der Waals surface area contributed by atoms with E-state index in [1.54, 1.807) is 4.90 Å². The van der Waals surface area contributed by atoms with Gasteiger partial charge in [-0.1, -0.05) is 12.1 Å². The minimum Gasteiger partial charge on any atom is -0.490 e. The van der Waals surface area contributed by atoms with E-state index in [1.807, 2.05) is 45.2 Å². The summed E-state index contributed by atoms with van der Waals surface area (Å²) in [7, 11) is 1.85. The number of hydrogen-bond donors (Lipinski definition) is 1. The number of para-hydroxylation sites is 2. The summed E-state index contributed by atoms with van der Waals surface area (Å²) in [6.07, 6.45) is 0. The minimum absolute atomic E-state index is 0.156. The fraction of sp³-hybridized carbons (Fsp3) is 0.533. The zero-order chi connectivity index (χ0) is 14.8. The number of carbonyl (C=O) groups is 1. The maximum Gasteiger partial charge on any atom is 0.242 e. The number of nitrogens with two attached hydrogens (primary N) is 1. The first-order valence-corrected chi connectivity index (χ1v) is 6.91. The lowest BCUT2D eigenvalue weighted by atomic mass is 9.98. The molecule has 0 radical (unpaired) electrons. The molecule has 1 aromatic rings. The number of nitrogens with zero attached hydrogens (tertiary/aromatic N) is 2. The normalized spacial score (nSPS) is 19.1. The molecule has 0 unspecified atom stereocenters. The summed E-state index contributed by atoms with van der Waals surface area (Å²) < 4.78 is 5.70. The van der Waals surface area contributed by atoms with E-state index < -0.39 is 5.54 Å². The molecular formula is C15H23N3O2. The van der Waals surface area contributed by atoms with Crippen molar-refractivity contribution in [1.82, 2.24) is 9.80 Å². The molecule has 1 amide bonds. The zero-order valence-electron chi connectivity index (χ0n) is 12.4. The number of likely N-dealkylation sites (N-methyl/N-ethyl adjacent to an activating group) is 1. The highest BCUT2D eigenvalue weighted by molar-refractivity contribution is 5.86. The Morgan fingerprint density at radius 3 is 2.70 bits per heavy atom. The molecule has 110 valence electrons. The van der Waals surface area contributed by atoms with Crippen LogP contribution in [0.15, 0.2) is 24.3 Å². The summed E-state index contributed by atoms with van der Waals surface area (Å²) in [6.45, 7) is 6.78. The Hall–Kier alpha value is -1.75. The van der Waals surface area contributed by atoms with Gasteiger partial charge >= 0.3 is 0 Å². The Balaban J connectivity index is 1.91. The molecule has 0 aliphatic carbocycles. The van der Waals surface area contributed by atoms with Crippen LogP contribution in [0, 0.1) is 0 Å². The van der Waals surface area contributed by atoms with Crippen LogP contribution in [0.4, 0.5) is 5.69 Å². The molecule has 20 heavy (non-hydrogen) atoms. The monoisotopic (exact) mass is 277 g/mol. The highest BCUT2D eigenvalue weighted by Gasteiger charge is 2.39. The predicted molar refractivity (Wildman–Crippen MR) is 79.6 cm³/mol. The lowest BCUT2D eigenvalue weighted by Gasteiger charge is -2.44. The van der Waals surface area contributed by atoms with Crippen molar-refractivity contribution in [1.29, 1.82) is 0 Å². The van der Waals surface area contributed by atoms with Crippen molar-refractivity contribution < 1.29 is 9.53 Å². The second-order valence-corrected chi connectivity index (χ2v) is 5.66. The maximum absolute atomic E-state index is 12.2. The Morgan fingerprint density at radius 2 is 2.00 bits per heavy atom. The van der Waals surface area contributed by atoms with Crippen LogP contribution in [0.25, 0.3) is 0 Å². The molecule has 0 saturated carbocycles. The third-order valence-electron chi connectivity index (χ3n) is 3.90. The predicted octanol–water partition coefficient (Wildman–Crippen LogP) is 1.20. The lowest BCUT2D eigenvalue weighted by Crippen LogP contribution is -2.62. The van der Waals surface area contributed by atoms with Crippen molar-refractivity contribution in [2.75, 3.05) is 39.0 Å². The second-order valence-electron chi connectivity index (χ2n) is 5.66. The van der Waals surface area contributed by atoms with Crippen LogP contribution in [0.3, 0.4) is 0 Å². The average molecular weight is 277 g/mol. The molecule has 1 fully saturated rings. The molecule has 0 aromatic heterocycles. The van der Waals surface area contributed by atoms with Gasteiger partial charge in [0.05, 0.1) is 11.2 Å². The van der Waals surface area contributed by atoms with Crippen LogP contribution in [0.5, 0.6) is 5.75 Å². The molecule has 2 N–H and O–H groups in total. The van der Waals surface area contributed by atoms with Crippen LogP contribution in [0.1, 0.15) is 13.8 Å². The molecule has 0 bridgehead atoms. The standard InChI is InChI=1S/C15H23N3O2/c1-15(2)14(19)17(3)8-9-18(15)10-11-20-13-7-5-4-6-12(13)16/h4-7H,8-11,16H2,1-3H3. The summed E-state index contributed by atoms with van der Waals surface area (Å²) in [6, 6.07) is 7.45. The zero-order valence-corrected chi connectivity index (χ0v) is 12.4. The number of carbonyl (C=O) groups excluding carboxylic acids is 1. The van der Waals surface area contributed by atoms with E-state index in [9.17, 15) is 4.79 Å². The van der Waals surface area contributed by atoms with Gasteiger partial charge in [0.2, 0.25) is 5.91 Å². The molecule has 5 heteroatoms. The Morgan fingerprint density at radius 1 is 1.30 bits per heavy atom. The van der Waals surface area contributed by atoms with Crippen LogP contribution >= 0.6 is 0 Å². The first kappa shape index (κ1) is 14.7. The molecular weight excluding hydrogens is 254 g/mol. The number of amides is 1. The highest BCUT2D eigenvalue weighted by Crippen LogP contribution is 2.22. The van der Waals surface area contributed by atoms with Crippen LogP contribution < -0.4 is 10.5 Å². The van der Waals surface area contributed by atoms with Gasteiger partial charge in [0.25, 0.3) is 0 Å². The highest BCUT2D eigenvalue weighted by atomic mass is 16.5. The number of hydrogen-bond acceptors (Lipinski definition) is 4. The van der Waals surface area contributed by atoms with Gasteiger partial charge in [-0.25, -0.2) is 0 Å². The quantitative estimate of drug-likeness (QED) is 0.840. The van der Waals surface area contributed by atoms with Gasteiger partial charge in [-0.15, -0.1) is 0 Å². The van der Waals surface area contributed by atoms with E-state index in [1.165, 1.54) is 0 Å². The van der Waals surface area contributed by atoms with E-state index in [0.29, 0.717) is 24.6 Å². The van der Waals surface area contributed by atoms with Gasteiger partial charge in [-0.05, 0) is 26.0 Å². The van der Waals surface area contributed by atoms with E-state index in [2.05, 4.69) is 4.90 Å². The van der Waals surface area contributed by atoms with Crippen molar-refractivity contribution in [2.24, 2.45) is 0 Å². The topological polar surface area (TPSA) is 58.8 Å². The third-order valence-corrected chi connectivity index (χ3v) is 3.90. The van der Waals surface area contributed by atoms with E-state index in [-0.39, 0.29) is 5.91 Å². The first-order chi connectivity index (χ1) is 9.43. The SMILES string of the molecule is CN1CCN(CCOc2ccccc2N)C(C)(C)C1=O. The molecule has 1 aliphatic heterocycles. The van der Waals surface area contributed by atoms with Crippen LogP contribution in [0.2, 0.25) is 0 Å².